The lowest BCUT2D eigenvalue weighted by Crippen LogP contribution is -2.46. The van der Waals surface area contributed by atoms with Crippen LogP contribution in [0.3, 0.4) is 0 Å². The number of methoxy groups -OCH3 is 1. The van der Waals surface area contributed by atoms with Gasteiger partial charge < -0.3 is 15.0 Å². The number of benzene rings is 1. The van der Waals surface area contributed by atoms with Crippen LogP contribution in [0, 0.1) is 0 Å². The van der Waals surface area contributed by atoms with Gasteiger partial charge >= 0.3 is 0 Å². The molecule has 1 aromatic carbocycles. The van der Waals surface area contributed by atoms with Gasteiger partial charge in [0.2, 0.25) is 5.91 Å². The molecule has 6 heteroatoms. The zero-order valence-electron chi connectivity index (χ0n) is 12.5. The lowest BCUT2D eigenvalue weighted by Gasteiger charge is -2.24. The van der Waals surface area contributed by atoms with Crippen molar-refractivity contribution < 1.29 is 14.3 Å². The first-order chi connectivity index (χ1) is 10.6. The summed E-state index contributed by atoms with van der Waals surface area (Å²) in [6.45, 7) is 0.581. The van der Waals surface area contributed by atoms with Crippen LogP contribution < -0.4 is 10.1 Å². The third kappa shape index (κ3) is 3.04. The molecule has 3 rings (SSSR count). The highest BCUT2D eigenvalue weighted by atomic mass is 35.5. The second kappa shape index (κ2) is 6.16. The Morgan fingerprint density at radius 3 is 2.77 bits per heavy atom. The van der Waals surface area contributed by atoms with Crippen molar-refractivity contribution in [3.8, 4) is 5.75 Å². The van der Waals surface area contributed by atoms with Gasteiger partial charge in [0.1, 0.15) is 11.8 Å². The van der Waals surface area contributed by atoms with E-state index in [9.17, 15) is 9.59 Å². The summed E-state index contributed by atoms with van der Waals surface area (Å²) in [5.74, 6) is 0.227. The number of nitrogens with zero attached hydrogens (tertiary/aromatic N) is 1. The summed E-state index contributed by atoms with van der Waals surface area (Å²) >= 11 is 6.00. The number of carbonyl (C=O) groups excluding carboxylic acids is 2. The lowest BCUT2D eigenvalue weighted by atomic mass is 10.1. The molecule has 2 aliphatic rings. The SMILES string of the molecule is COc1ccc(Cl)cc1C(=O)N1CCCC1C(=O)NC1CC1. The van der Waals surface area contributed by atoms with Crippen LogP contribution in [0.2, 0.25) is 5.02 Å². The second-order valence-corrected chi connectivity index (χ2v) is 6.22. The maximum absolute atomic E-state index is 12.8. The highest BCUT2D eigenvalue weighted by molar-refractivity contribution is 6.31. The number of carbonyl (C=O) groups is 2. The molecule has 1 atom stereocenters. The maximum Gasteiger partial charge on any atom is 0.258 e. The average molecular weight is 323 g/mol. The first kappa shape index (κ1) is 15.2. The van der Waals surface area contributed by atoms with Crippen molar-refractivity contribution in [2.24, 2.45) is 0 Å². The molecule has 0 aromatic heterocycles. The van der Waals surface area contributed by atoms with E-state index in [1.165, 1.54) is 7.11 Å². The van der Waals surface area contributed by atoms with Gasteiger partial charge in [0.25, 0.3) is 5.91 Å². The molecule has 1 heterocycles. The number of hydrogen-bond acceptors (Lipinski definition) is 3. The fourth-order valence-corrected chi connectivity index (χ4v) is 2.98. The predicted molar refractivity (Wildman–Crippen MR) is 83.2 cm³/mol. The van der Waals surface area contributed by atoms with E-state index >= 15 is 0 Å². The Hall–Kier alpha value is -1.75. The van der Waals surface area contributed by atoms with Crippen LogP contribution in [0.1, 0.15) is 36.0 Å². The Balaban J connectivity index is 1.80. The second-order valence-electron chi connectivity index (χ2n) is 5.78. The van der Waals surface area contributed by atoms with Gasteiger partial charge in [-0.2, -0.15) is 0 Å². The predicted octanol–water partition coefficient (Wildman–Crippen LogP) is 2.23. The molecule has 0 bridgehead atoms. The summed E-state index contributed by atoms with van der Waals surface area (Å²) in [4.78, 5) is 26.7. The molecule has 1 aliphatic carbocycles. The molecular formula is C16H19ClN2O3. The molecule has 1 N–H and O–H groups in total. The first-order valence-electron chi connectivity index (χ1n) is 7.55. The van der Waals surface area contributed by atoms with Gasteiger partial charge in [-0.3, -0.25) is 9.59 Å². The van der Waals surface area contributed by atoms with E-state index in [-0.39, 0.29) is 11.8 Å². The van der Waals surface area contributed by atoms with E-state index in [1.807, 2.05) is 0 Å². The molecule has 1 saturated heterocycles. The molecule has 0 radical (unpaired) electrons. The van der Waals surface area contributed by atoms with Gasteiger partial charge in [-0.1, -0.05) is 11.6 Å². The summed E-state index contributed by atoms with van der Waals surface area (Å²) < 4.78 is 5.24. The number of hydrogen-bond donors (Lipinski definition) is 1. The fraction of sp³-hybridized carbons (Fsp3) is 0.500. The van der Waals surface area contributed by atoms with Crippen molar-refractivity contribution in [1.82, 2.24) is 10.2 Å². The quantitative estimate of drug-likeness (QED) is 0.924. The minimum absolute atomic E-state index is 0.0469. The summed E-state index contributed by atoms with van der Waals surface area (Å²) in [6.07, 6.45) is 3.60. The van der Waals surface area contributed by atoms with Crippen LogP contribution in [0.25, 0.3) is 0 Å². The van der Waals surface area contributed by atoms with Crippen molar-refractivity contribution in [2.45, 2.75) is 37.8 Å². The van der Waals surface area contributed by atoms with Crippen LogP contribution in [-0.4, -0.2) is 42.5 Å². The standard InChI is InChI=1S/C16H19ClN2O3/c1-22-14-7-4-10(17)9-12(14)16(21)19-8-2-3-13(19)15(20)18-11-5-6-11/h4,7,9,11,13H,2-3,5-6,8H2,1H3,(H,18,20). The summed E-state index contributed by atoms with van der Waals surface area (Å²) in [7, 11) is 1.52. The molecule has 1 aromatic rings. The summed E-state index contributed by atoms with van der Waals surface area (Å²) in [5, 5.41) is 3.46. The Morgan fingerprint density at radius 2 is 2.09 bits per heavy atom. The van der Waals surface area contributed by atoms with Crippen molar-refractivity contribution in [2.75, 3.05) is 13.7 Å². The number of rotatable bonds is 4. The average Bonchev–Trinajstić information content (AvgIpc) is 3.18. The van der Waals surface area contributed by atoms with Crippen LogP contribution in [0.4, 0.5) is 0 Å². The van der Waals surface area contributed by atoms with Gasteiger partial charge in [-0.25, -0.2) is 0 Å². The minimum Gasteiger partial charge on any atom is -0.496 e. The largest absolute Gasteiger partial charge is 0.496 e. The van der Waals surface area contributed by atoms with Crippen molar-refractivity contribution in [1.29, 1.82) is 0 Å². The van der Waals surface area contributed by atoms with Gasteiger partial charge in [0.05, 0.1) is 12.7 Å². The lowest BCUT2D eigenvalue weighted by molar-refractivity contribution is -0.125. The maximum atomic E-state index is 12.8. The van der Waals surface area contributed by atoms with Crippen molar-refractivity contribution in [3.63, 3.8) is 0 Å². The number of ether oxygens (including phenoxy) is 1. The molecule has 5 nitrogen and oxygen atoms in total. The number of halogens is 1. The van der Waals surface area contributed by atoms with E-state index in [4.69, 9.17) is 16.3 Å². The van der Waals surface area contributed by atoms with E-state index in [2.05, 4.69) is 5.32 Å². The molecular weight excluding hydrogens is 304 g/mol. The summed E-state index contributed by atoms with van der Waals surface area (Å²) in [5.41, 5.74) is 0.404. The molecule has 2 fully saturated rings. The van der Waals surface area contributed by atoms with E-state index in [1.54, 1.807) is 23.1 Å². The van der Waals surface area contributed by atoms with Crippen LogP contribution in [0.15, 0.2) is 18.2 Å². The molecule has 1 aliphatic heterocycles. The number of nitrogens with one attached hydrogen (secondary N) is 1. The van der Waals surface area contributed by atoms with Gasteiger partial charge in [-0.15, -0.1) is 0 Å². The molecule has 1 saturated carbocycles. The van der Waals surface area contributed by atoms with Gasteiger partial charge in [0, 0.05) is 17.6 Å². The minimum atomic E-state index is -0.392. The molecule has 0 spiro atoms. The molecule has 118 valence electrons. The zero-order valence-corrected chi connectivity index (χ0v) is 13.2. The van der Waals surface area contributed by atoms with Crippen LogP contribution in [0.5, 0.6) is 5.75 Å². The van der Waals surface area contributed by atoms with Gasteiger partial charge in [0.15, 0.2) is 0 Å². The third-order valence-electron chi connectivity index (χ3n) is 4.13. The zero-order chi connectivity index (χ0) is 15.7. The van der Waals surface area contributed by atoms with Crippen LogP contribution in [-0.2, 0) is 4.79 Å². The first-order valence-corrected chi connectivity index (χ1v) is 7.93. The van der Waals surface area contributed by atoms with Gasteiger partial charge in [-0.05, 0) is 43.9 Å². The Kier molecular flexibility index (Phi) is 4.25. The Labute approximate surface area is 134 Å². The number of amides is 2. The topological polar surface area (TPSA) is 58.6 Å². The summed E-state index contributed by atoms with van der Waals surface area (Å²) in [6, 6.07) is 4.85. The number of likely N-dealkylation sites (tertiary alicyclic amines) is 1. The Bertz CT molecular complexity index is 601. The van der Waals surface area contributed by atoms with Crippen molar-refractivity contribution in [3.05, 3.63) is 28.8 Å². The monoisotopic (exact) mass is 322 g/mol. The normalized spacial score (nSPS) is 20.8. The molecule has 1 unspecified atom stereocenters. The van der Waals surface area contributed by atoms with E-state index in [0.717, 1.165) is 19.3 Å². The Morgan fingerprint density at radius 1 is 1.32 bits per heavy atom. The molecule has 22 heavy (non-hydrogen) atoms. The molecule has 2 amide bonds. The van der Waals surface area contributed by atoms with Crippen LogP contribution >= 0.6 is 11.6 Å². The fourth-order valence-electron chi connectivity index (χ4n) is 2.81. The highest BCUT2D eigenvalue weighted by Gasteiger charge is 2.37. The third-order valence-corrected chi connectivity index (χ3v) is 4.37. The van der Waals surface area contributed by atoms with Crippen molar-refractivity contribution >= 4 is 23.4 Å². The smallest absolute Gasteiger partial charge is 0.258 e. The highest BCUT2D eigenvalue weighted by Crippen LogP contribution is 2.28. The van der Waals surface area contributed by atoms with E-state index in [0.29, 0.717) is 35.3 Å². The van der Waals surface area contributed by atoms with E-state index < -0.39 is 6.04 Å².